The molecule has 0 radical (unpaired) electrons. The van der Waals surface area contributed by atoms with Crippen molar-refractivity contribution in [1.82, 2.24) is 20.1 Å². The molecule has 0 bridgehead atoms. The first-order chi connectivity index (χ1) is 12.1. The number of aryl methyl sites for hydroxylation is 1. The molecule has 7 heteroatoms. The van der Waals surface area contributed by atoms with Gasteiger partial charge < -0.3 is 14.3 Å². The van der Waals surface area contributed by atoms with Gasteiger partial charge in [-0.05, 0) is 37.1 Å². The molecule has 0 saturated carbocycles. The van der Waals surface area contributed by atoms with Gasteiger partial charge in [0.05, 0.1) is 12.3 Å². The van der Waals surface area contributed by atoms with Crippen molar-refractivity contribution in [2.75, 3.05) is 0 Å². The highest BCUT2D eigenvalue weighted by atomic mass is 32.2. The normalized spacial score (nSPS) is 12.1. The zero-order valence-electron chi connectivity index (χ0n) is 14.4. The second kappa shape index (κ2) is 7.57. The molecule has 2 heterocycles. The standard InChI is InChI=1S/C18H20N4O2S/c1-12-7-4-5-8-14(12)11-25-18-21-20-16(22(18)3)13(2)19-17(23)15-9-6-10-24-15/h4-10,13H,11H2,1-3H3,(H,19,23)/t13-/m1/s1. The molecule has 0 fully saturated rings. The molecule has 0 spiro atoms. The van der Waals surface area contributed by atoms with Crippen molar-refractivity contribution in [2.24, 2.45) is 7.05 Å². The molecule has 1 atom stereocenters. The average molecular weight is 356 g/mol. The summed E-state index contributed by atoms with van der Waals surface area (Å²) >= 11 is 1.63. The molecule has 1 aromatic carbocycles. The summed E-state index contributed by atoms with van der Waals surface area (Å²) in [6.07, 6.45) is 1.47. The number of hydrogen-bond donors (Lipinski definition) is 1. The molecule has 2 aromatic heterocycles. The fourth-order valence-electron chi connectivity index (χ4n) is 2.48. The fourth-order valence-corrected chi connectivity index (χ4v) is 3.48. The minimum atomic E-state index is -0.275. The summed E-state index contributed by atoms with van der Waals surface area (Å²) in [4.78, 5) is 12.1. The summed E-state index contributed by atoms with van der Waals surface area (Å²) in [5.74, 6) is 1.54. The van der Waals surface area contributed by atoms with Crippen LogP contribution in [-0.4, -0.2) is 20.7 Å². The summed E-state index contributed by atoms with van der Waals surface area (Å²) < 4.78 is 7.02. The van der Waals surface area contributed by atoms with Crippen molar-refractivity contribution < 1.29 is 9.21 Å². The van der Waals surface area contributed by atoms with E-state index in [0.717, 1.165) is 10.9 Å². The van der Waals surface area contributed by atoms with Crippen molar-refractivity contribution in [3.8, 4) is 0 Å². The number of nitrogens with one attached hydrogen (secondary N) is 1. The minimum absolute atomic E-state index is 0.269. The van der Waals surface area contributed by atoms with E-state index >= 15 is 0 Å². The number of aromatic nitrogens is 3. The Kier molecular flexibility index (Phi) is 5.23. The molecule has 3 rings (SSSR count). The van der Waals surface area contributed by atoms with Crippen LogP contribution in [-0.2, 0) is 12.8 Å². The van der Waals surface area contributed by atoms with Gasteiger partial charge in [-0.15, -0.1) is 10.2 Å². The Morgan fingerprint density at radius 3 is 2.80 bits per heavy atom. The molecule has 0 saturated heterocycles. The number of rotatable bonds is 6. The van der Waals surface area contributed by atoms with Crippen LogP contribution in [0.2, 0.25) is 0 Å². The molecule has 0 aliphatic rings. The van der Waals surface area contributed by atoms with Crippen LogP contribution in [0.5, 0.6) is 0 Å². The Labute approximate surface area is 150 Å². The van der Waals surface area contributed by atoms with E-state index in [0.29, 0.717) is 5.82 Å². The number of thioether (sulfide) groups is 1. The van der Waals surface area contributed by atoms with Crippen LogP contribution in [0.1, 0.15) is 40.5 Å². The van der Waals surface area contributed by atoms with Crippen LogP contribution in [0.25, 0.3) is 0 Å². The molecular formula is C18H20N4O2S. The third-order valence-corrected chi connectivity index (χ3v) is 5.04. The predicted molar refractivity (Wildman–Crippen MR) is 96.3 cm³/mol. The summed E-state index contributed by atoms with van der Waals surface area (Å²) in [6, 6.07) is 11.3. The van der Waals surface area contributed by atoms with Gasteiger partial charge in [0.25, 0.3) is 5.91 Å². The van der Waals surface area contributed by atoms with Gasteiger partial charge in [0.15, 0.2) is 16.7 Å². The monoisotopic (exact) mass is 356 g/mol. The van der Waals surface area contributed by atoms with Crippen LogP contribution in [0.15, 0.2) is 52.2 Å². The van der Waals surface area contributed by atoms with Gasteiger partial charge in [-0.25, -0.2) is 0 Å². The lowest BCUT2D eigenvalue weighted by Gasteiger charge is -2.12. The molecule has 1 amide bonds. The smallest absolute Gasteiger partial charge is 0.287 e. The number of carbonyl (C=O) groups excluding carboxylic acids is 1. The summed E-state index contributed by atoms with van der Waals surface area (Å²) in [5.41, 5.74) is 2.53. The lowest BCUT2D eigenvalue weighted by atomic mass is 10.1. The van der Waals surface area contributed by atoms with Gasteiger partial charge in [-0.3, -0.25) is 4.79 Å². The molecule has 25 heavy (non-hydrogen) atoms. The highest BCUT2D eigenvalue weighted by molar-refractivity contribution is 7.98. The quantitative estimate of drug-likeness (QED) is 0.684. The second-order valence-corrected chi connectivity index (χ2v) is 6.73. The van der Waals surface area contributed by atoms with E-state index in [1.54, 1.807) is 23.9 Å². The maximum atomic E-state index is 12.1. The molecule has 0 aliphatic heterocycles. The highest BCUT2D eigenvalue weighted by Gasteiger charge is 2.19. The van der Waals surface area contributed by atoms with Crippen LogP contribution in [0.3, 0.4) is 0 Å². The van der Waals surface area contributed by atoms with E-state index in [-0.39, 0.29) is 17.7 Å². The Hall–Kier alpha value is -2.54. The van der Waals surface area contributed by atoms with Crippen molar-refractivity contribution >= 4 is 17.7 Å². The van der Waals surface area contributed by atoms with Gasteiger partial charge in [-0.2, -0.15) is 0 Å². The highest BCUT2D eigenvalue weighted by Crippen LogP contribution is 2.24. The zero-order valence-corrected chi connectivity index (χ0v) is 15.2. The average Bonchev–Trinajstić information content (AvgIpc) is 3.24. The van der Waals surface area contributed by atoms with Crippen molar-refractivity contribution in [3.05, 3.63) is 65.4 Å². The molecule has 6 nitrogen and oxygen atoms in total. The predicted octanol–water partition coefficient (Wildman–Crippen LogP) is 3.50. The number of carbonyl (C=O) groups is 1. The fraction of sp³-hybridized carbons (Fsp3) is 0.278. The number of hydrogen-bond acceptors (Lipinski definition) is 5. The third-order valence-electron chi connectivity index (χ3n) is 3.97. The number of amides is 1. The van der Waals surface area contributed by atoms with Gasteiger partial charge in [0.1, 0.15) is 0 Å². The molecule has 1 N–H and O–H groups in total. The molecular weight excluding hydrogens is 336 g/mol. The van der Waals surface area contributed by atoms with Crippen molar-refractivity contribution in [3.63, 3.8) is 0 Å². The van der Waals surface area contributed by atoms with E-state index in [9.17, 15) is 4.79 Å². The Balaban J connectivity index is 1.66. The minimum Gasteiger partial charge on any atom is -0.459 e. The summed E-state index contributed by atoms with van der Waals surface area (Å²) in [6.45, 7) is 3.98. The molecule has 130 valence electrons. The Bertz CT molecular complexity index is 858. The van der Waals surface area contributed by atoms with E-state index in [1.165, 1.54) is 17.4 Å². The topological polar surface area (TPSA) is 73.0 Å². The van der Waals surface area contributed by atoms with Crippen LogP contribution in [0, 0.1) is 6.92 Å². The van der Waals surface area contributed by atoms with E-state index in [2.05, 4.69) is 34.6 Å². The Morgan fingerprint density at radius 2 is 2.08 bits per heavy atom. The van der Waals surface area contributed by atoms with E-state index < -0.39 is 0 Å². The van der Waals surface area contributed by atoms with Crippen LogP contribution >= 0.6 is 11.8 Å². The van der Waals surface area contributed by atoms with Crippen molar-refractivity contribution in [1.29, 1.82) is 0 Å². The van der Waals surface area contributed by atoms with E-state index in [4.69, 9.17) is 4.42 Å². The lowest BCUT2D eigenvalue weighted by Crippen LogP contribution is -2.28. The molecule has 0 aliphatic carbocycles. The van der Waals surface area contributed by atoms with Gasteiger partial charge in [0, 0.05) is 12.8 Å². The maximum Gasteiger partial charge on any atom is 0.287 e. The maximum absolute atomic E-state index is 12.1. The van der Waals surface area contributed by atoms with Gasteiger partial charge in [-0.1, -0.05) is 36.0 Å². The molecule has 3 aromatic rings. The first kappa shape index (κ1) is 17.3. The second-order valence-electron chi connectivity index (χ2n) is 5.79. The SMILES string of the molecule is Cc1ccccc1CSc1nnc([C@@H](C)NC(=O)c2ccco2)n1C. The van der Waals surface area contributed by atoms with Gasteiger partial charge in [0.2, 0.25) is 0 Å². The Morgan fingerprint density at radius 1 is 1.28 bits per heavy atom. The number of nitrogens with zero attached hydrogens (tertiary/aromatic N) is 3. The first-order valence-electron chi connectivity index (χ1n) is 7.97. The van der Waals surface area contributed by atoms with Crippen LogP contribution < -0.4 is 5.32 Å². The number of benzene rings is 1. The number of furan rings is 1. The van der Waals surface area contributed by atoms with Gasteiger partial charge >= 0.3 is 0 Å². The lowest BCUT2D eigenvalue weighted by molar-refractivity contribution is 0.0909. The zero-order chi connectivity index (χ0) is 17.8. The summed E-state index contributed by atoms with van der Waals surface area (Å²) in [7, 11) is 1.91. The third kappa shape index (κ3) is 3.93. The summed E-state index contributed by atoms with van der Waals surface area (Å²) in [5, 5.41) is 12.2. The van der Waals surface area contributed by atoms with Crippen LogP contribution in [0.4, 0.5) is 0 Å². The first-order valence-corrected chi connectivity index (χ1v) is 8.95. The molecule has 0 unspecified atom stereocenters. The van der Waals surface area contributed by atoms with Crippen molar-refractivity contribution in [2.45, 2.75) is 30.8 Å². The van der Waals surface area contributed by atoms with E-state index in [1.807, 2.05) is 30.7 Å². The largest absolute Gasteiger partial charge is 0.459 e.